The fraction of sp³-hybridized carbons (Fsp3) is 0.692. The Morgan fingerprint density at radius 1 is 1.52 bits per heavy atom. The molecule has 21 heavy (non-hydrogen) atoms. The molecule has 0 unspecified atom stereocenters. The van der Waals surface area contributed by atoms with Gasteiger partial charge in [-0.05, 0) is 19.3 Å². The monoisotopic (exact) mass is 296 g/mol. The summed E-state index contributed by atoms with van der Waals surface area (Å²) in [5.74, 6) is -0.679. The van der Waals surface area contributed by atoms with Crippen molar-refractivity contribution in [1.29, 1.82) is 0 Å². The molecule has 8 nitrogen and oxygen atoms in total. The van der Waals surface area contributed by atoms with Crippen LogP contribution in [0.3, 0.4) is 0 Å². The molecule has 1 aliphatic rings. The van der Waals surface area contributed by atoms with Gasteiger partial charge >= 0.3 is 11.7 Å². The molecular weight excluding hydrogens is 276 g/mol. The maximum absolute atomic E-state index is 11.4. The molecule has 1 saturated carbocycles. The number of hydrogen-bond acceptors (Lipinski definition) is 5. The van der Waals surface area contributed by atoms with Crippen molar-refractivity contribution in [3.05, 3.63) is 15.8 Å². The largest absolute Gasteiger partial charge is 0.480 e. The molecule has 0 spiro atoms. The average molecular weight is 296 g/mol. The maximum Gasteiger partial charge on any atom is 0.334 e. The zero-order valence-corrected chi connectivity index (χ0v) is 12.3. The second-order valence-corrected chi connectivity index (χ2v) is 5.31. The highest BCUT2D eigenvalue weighted by molar-refractivity contribution is 5.76. The molecule has 0 saturated heterocycles. The number of aryl methyl sites for hydroxylation is 2. The molecule has 0 aromatic carbocycles. The molecule has 8 heteroatoms. The van der Waals surface area contributed by atoms with Crippen LogP contribution in [0.25, 0.3) is 0 Å². The predicted molar refractivity (Wildman–Crippen MR) is 76.5 cm³/mol. The van der Waals surface area contributed by atoms with Crippen LogP contribution in [0, 0.1) is 10.1 Å². The minimum atomic E-state index is -0.990. The normalized spacial score (nSPS) is 15.3. The fourth-order valence-electron chi connectivity index (χ4n) is 3.04. The minimum absolute atomic E-state index is 0.0277. The highest BCUT2D eigenvalue weighted by Crippen LogP contribution is 2.36. The summed E-state index contributed by atoms with van der Waals surface area (Å²) in [6.45, 7) is 1.56. The summed E-state index contributed by atoms with van der Waals surface area (Å²) in [6.07, 6.45) is 4.20. The van der Waals surface area contributed by atoms with Crippen molar-refractivity contribution in [3.8, 4) is 0 Å². The summed E-state index contributed by atoms with van der Waals surface area (Å²) in [5.41, 5.74) is 0.332. The summed E-state index contributed by atoms with van der Waals surface area (Å²) in [6, 6.07) is 0.0277. The molecule has 1 aromatic heterocycles. The SMILES string of the molecule is CCc1nn(C)c(N(CC(=O)O)C2CCCC2)c1[N+](=O)[O-]. The molecule has 1 aliphatic carbocycles. The van der Waals surface area contributed by atoms with Crippen molar-refractivity contribution in [2.45, 2.75) is 45.1 Å². The van der Waals surface area contributed by atoms with Gasteiger partial charge in [-0.2, -0.15) is 5.10 Å². The van der Waals surface area contributed by atoms with Gasteiger partial charge in [-0.25, -0.2) is 4.68 Å². The van der Waals surface area contributed by atoms with Crippen molar-refractivity contribution >= 4 is 17.5 Å². The van der Waals surface area contributed by atoms with Crippen molar-refractivity contribution in [1.82, 2.24) is 9.78 Å². The van der Waals surface area contributed by atoms with E-state index in [9.17, 15) is 14.9 Å². The van der Waals surface area contributed by atoms with Gasteiger partial charge < -0.3 is 10.0 Å². The molecule has 0 radical (unpaired) electrons. The Kier molecular flexibility index (Phi) is 4.44. The highest BCUT2D eigenvalue weighted by atomic mass is 16.6. The molecule has 1 fully saturated rings. The predicted octanol–water partition coefficient (Wildman–Crippen LogP) is 1.72. The Labute approximate surface area is 122 Å². The molecule has 0 atom stereocenters. The van der Waals surface area contributed by atoms with Gasteiger partial charge in [-0.3, -0.25) is 14.9 Å². The lowest BCUT2D eigenvalue weighted by molar-refractivity contribution is -0.384. The number of carboxylic acid groups (broad SMARTS) is 1. The van der Waals surface area contributed by atoms with Crippen molar-refractivity contribution in [2.24, 2.45) is 7.05 Å². The number of nitro groups is 1. The van der Waals surface area contributed by atoms with E-state index in [-0.39, 0.29) is 18.3 Å². The lowest BCUT2D eigenvalue weighted by Gasteiger charge is -2.28. The Morgan fingerprint density at radius 2 is 2.14 bits per heavy atom. The van der Waals surface area contributed by atoms with Crippen LogP contribution < -0.4 is 4.90 Å². The first-order valence-corrected chi connectivity index (χ1v) is 7.14. The number of hydrogen-bond donors (Lipinski definition) is 1. The van der Waals surface area contributed by atoms with Gasteiger partial charge in [0.15, 0.2) is 0 Å². The van der Waals surface area contributed by atoms with Crippen LogP contribution in [0.15, 0.2) is 0 Å². The number of aliphatic carboxylic acids is 1. The number of carbonyl (C=O) groups is 1. The quantitative estimate of drug-likeness (QED) is 0.633. The number of rotatable bonds is 6. The first-order chi connectivity index (χ1) is 9.95. The van der Waals surface area contributed by atoms with Gasteiger partial charge in [0.25, 0.3) is 0 Å². The number of carboxylic acids is 1. The third kappa shape index (κ3) is 2.98. The molecule has 0 aliphatic heterocycles. The Balaban J connectivity index is 2.50. The molecule has 1 heterocycles. The summed E-state index contributed by atoms with van der Waals surface area (Å²) in [4.78, 5) is 23.8. The van der Waals surface area contributed by atoms with E-state index < -0.39 is 10.9 Å². The lowest BCUT2D eigenvalue weighted by atomic mass is 10.2. The first-order valence-electron chi connectivity index (χ1n) is 7.14. The van der Waals surface area contributed by atoms with Gasteiger partial charge in [0.05, 0.1) is 4.92 Å². The Morgan fingerprint density at radius 3 is 2.62 bits per heavy atom. The second-order valence-electron chi connectivity index (χ2n) is 5.31. The van der Waals surface area contributed by atoms with E-state index in [1.165, 1.54) is 4.68 Å². The van der Waals surface area contributed by atoms with E-state index >= 15 is 0 Å². The van der Waals surface area contributed by atoms with E-state index in [1.807, 2.05) is 0 Å². The van der Waals surface area contributed by atoms with Gasteiger partial charge in [-0.15, -0.1) is 0 Å². The zero-order chi connectivity index (χ0) is 15.6. The van der Waals surface area contributed by atoms with E-state index in [2.05, 4.69) is 5.10 Å². The Bertz CT molecular complexity index is 549. The Hall–Kier alpha value is -2.12. The average Bonchev–Trinajstić information content (AvgIpc) is 3.02. The van der Waals surface area contributed by atoms with E-state index in [0.717, 1.165) is 25.7 Å². The molecule has 2 rings (SSSR count). The maximum atomic E-state index is 11.4. The fourth-order valence-corrected chi connectivity index (χ4v) is 3.04. The minimum Gasteiger partial charge on any atom is -0.480 e. The smallest absolute Gasteiger partial charge is 0.334 e. The van der Waals surface area contributed by atoms with Crippen LogP contribution in [0.1, 0.15) is 38.3 Å². The number of aromatic nitrogens is 2. The lowest BCUT2D eigenvalue weighted by Crippen LogP contribution is -2.39. The third-order valence-corrected chi connectivity index (χ3v) is 3.92. The van der Waals surface area contributed by atoms with E-state index in [4.69, 9.17) is 5.11 Å². The number of anilines is 1. The third-order valence-electron chi connectivity index (χ3n) is 3.92. The summed E-state index contributed by atoms with van der Waals surface area (Å²) < 4.78 is 1.44. The molecule has 1 N–H and O–H groups in total. The molecule has 0 amide bonds. The highest BCUT2D eigenvalue weighted by Gasteiger charge is 2.35. The van der Waals surface area contributed by atoms with Crippen molar-refractivity contribution < 1.29 is 14.8 Å². The topological polar surface area (TPSA) is 102 Å². The number of nitrogens with zero attached hydrogens (tertiary/aromatic N) is 4. The van der Waals surface area contributed by atoms with Gasteiger partial charge in [0, 0.05) is 13.1 Å². The van der Waals surface area contributed by atoms with Crippen LogP contribution in [-0.4, -0.2) is 38.4 Å². The van der Waals surface area contributed by atoms with Gasteiger partial charge in [-0.1, -0.05) is 19.8 Å². The summed E-state index contributed by atoms with van der Waals surface area (Å²) >= 11 is 0. The molecule has 0 bridgehead atoms. The standard InChI is InChI=1S/C13H20N4O4/c1-3-10-12(17(20)21)13(15(2)14-10)16(8-11(18)19)9-6-4-5-7-9/h9H,3-8H2,1-2H3,(H,18,19). The van der Waals surface area contributed by atoms with Crippen LogP contribution in [0.2, 0.25) is 0 Å². The van der Waals surface area contributed by atoms with E-state index in [1.54, 1.807) is 18.9 Å². The molecule has 1 aromatic rings. The van der Waals surface area contributed by atoms with E-state index in [0.29, 0.717) is 17.9 Å². The van der Waals surface area contributed by atoms with Crippen LogP contribution in [0.5, 0.6) is 0 Å². The zero-order valence-electron chi connectivity index (χ0n) is 12.3. The van der Waals surface area contributed by atoms with Crippen molar-refractivity contribution in [3.63, 3.8) is 0 Å². The second kappa shape index (κ2) is 6.11. The van der Waals surface area contributed by atoms with Gasteiger partial charge in [0.1, 0.15) is 12.2 Å². The summed E-state index contributed by atoms with van der Waals surface area (Å²) in [5, 5.41) is 24.7. The van der Waals surface area contributed by atoms with Gasteiger partial charge in [0.2, 0.25) is 5.82 Å². The van der Waals surface area contributed by atoms with Crippen LogP contribution >= 0.6 is 0 Å². The summed E-state index contributed by atoms with van der Waals surface area (Å²) in [7, 11) is 1.63. The molecule has 116 valence electrons. The van der Waals surface area contributed by atoms with Crippen molar-refractivity contribution in [2.75, 3.05) is 11.4 Å². The van der Waals surface area contributed by atoms with Crippen LogP contribution in [0.4, 0.5) is 11.5 Å². The van der Waals surface area contributed by atoms with Crippen LogP contribution in [-0.2, 0) is 18.3 Å². The first kappa shape index (κ1) is 15.3. The molecular formula is C13H20N4O4.